The van der Waals surface area contributed by atoms with Gasteiger partial charge in [-0.3, -0.25) is 9.69 Å². The Morgan fingerprint density at radius 2 is 2.36 bits per heavy atom. The van der Waals surface area contributed by atoms with E-state index in [9.17, 15) is 4.79 Å². The van der Waals surface area contributed by atoms with Crippen molar-refractivity contribution in [1.29, 1.82) is 0 Å². The molecule has 0 atom stereocenters. The fourth-order valence-electron chi connectivity index (χ4n) is 0.961. The summed E-state index contributed by atoms with van der Waals surface area (Å²) in [5, 5.41) is 0. The van der Waals surface area contributed by atoms with Gasteiger partial charge >= 0.3 is 0 Å². The number of ether oxygens (including phenoxy) is 1. The van der Waals surface area contributed by atoms with Crippen molar-refractivity contribution < 1.29 is 9.53 Å². The first-order chi connectivity index (χ1) is 5.34. The molecule has 0 heterocycles. The topological polar surface area (TPSA) is 29.5 Å². The summed E-state index contributed by atoms with van der Waals surface area (Å²) in [5.74, 6) is 0. The second kappa shape index (κ2) is 4.13. The van der Waals surface area contributed by atoms with Gasteiger partial charge in [0, 0.05) is 12.6 Å². The lowest BCUT2D eigenvalue weighted by molar-refractivity contribution is -0.123. The van der Waals surface area contributed by atoms with Gasteiger partial charge in [0.1, 0.15) is 0 Å². The molecule has 3 heteroatoms. The van der Waals surface area contributed by atoms with Crippen LogP contribution in [0.1, 0.15) is 12.8 Å². The van der Waals surface area contributed by atoms with Crippen molar-refractivity contribution in [1.82, 2.24) is 4.90 Å². The summed E-state index contributed by atoms with van der Waals surface area (Å²) in [4.78, 5) is 11.9. The maximum absolute atomic E-state index is 9.71. The van der Waals surface area contributed by atoms with Crippen LogP contribution in [-0.4, -0.2) is 31.0 Å². The normalized spacial score (nSPS) is 17.6. The quantitative estimate of drug-likeness (QED) is 0.434. The zero-order valence-corrected chi connectivity index (χ0v) is 6.69. The Kier molecular flexibility index (Phi) is 3.11. The van der Waals surface area contributed by atoms with Crippen LogP contribution in [-0.2, 0) is 9.53 Å². The van der Waals surface area contributed by atoms with E-state index < -0.39 is 0 Å². The van der Waals surface area contributed by atoms with E-state index in [2.05, 4.69) is 16.7 Å². The van der Waals surface area contributed by atoms with Crippen LogP contribution >= 0.6 is 0 Å². The number of nitrogens with zero attached hydrogens (tertiary/aromatic N) is 1. The maximum atomic E-state index is 9.71. The summed E-state index contributed by atoms with van der Waals surface area (Å²) >= 11 is 0. The highest BCUT2D eigenvalue weighted by Crippen LogP contribution is 2.24. The van der Waals surface area contributed by atoms with Crippen LogP contribution in [0.15, 0.2) is 12.3 Å². The molecule has 1 fully saturated rings. The molecule has 0 radical (unpaired) electrons. The molecular weight excluding hydrogens is 142 g/mol. The second-order valence-electron chi connectivity index (χ2n) is 2.77. The molecule has 0 aliphatic heterocycles. The van der Waals surface area contributed by atoms with E-state index >= 15 is 0 Å². The molecule has 0 bridgehead atoms. The molecule has 1 aliphatic carbocycles. The van der Waals surface area contributed by atoms with E-state index in [1.165, 1.54) is 19.1 Å². The molecule has 1 saturated carbocycles. The molecule has 0 amide bonds. The molecule has 11 heavy (non-hydrogen) atoms. The molecule has 0 N–H and O–H groups in total. The Bertz CT molecular complexity index is 152. The Morgan fingerprint density at radius 1 is 1.64 bits per heavy atom. The lowest BCUT2D eigenvalue weighted by Gasteiger charge is -2.11. The molecule has 0 aromatic carbocycles. The van der Waals surface area contributed by atoms with Gasteiger partial charge in [0.15, 0.2) is 0 Å². The monoisotopic (exact) mass is 155 g/mol. The van der Waals surface area contributed by atoms with Gasteiger partial charge in [0.2, 0.25) is 0 Å². The highest BCUT2D eigenvalue weighted by atomic mass is 16.5. The van der Waals surface area contributed by atoms with Crippen molar-refractivity contribution in [3.05, 3.63) is 12.3 Å². The van der Waals surface area contributed by atoms with Gasteiger partial charge in [0.25, 0.3) is 6.47 Å². The minimum atomic E-state index is 0.424. The molecule has 0 aromatic heterocycles. The van der Waals surface area contributed by atoms with Gasteiger partial charge in [-0.1, -0.05) is 0 Å². The lowest BCUT2D eigenvalue weighted by atomic mass is 10.5. The SMILES string of the molecule is CN(C/C=C/OC=O)C1CC1. The van der Waals surface area contributed by atoms with Crippen molar-refractivity contribution >= 4 is 6.47 Å². The number of hydrogen-bond acceptors (Lipinski definition) is 3. The summed E-state index contributed by atoms with van der Waals surface area (Å²) in [6.07, 6.45) is 5.87. The Balaban J connectivity index is 2.04. The average molecular weight is 155 g/mol. The molecule has 0 unspecified atom stereocenters. The van der Waals surface area contributed by atoms with E-state index in [1.807, 2.05) is 6.08 Å². The van der Waals surface area contributed by atoms with Crippen molar-refractivity contribution in [3.63, 3.8) is 0 Å². The van der Waals surface area contributed by atoms with Gasteiger partial charge in [-0.25, -0.2) is 0 Å². The van der Waals surface area contributed by atoms with Crippen LogP contribution in [0, 0.1) is 0 Å². The largest absolute Gasteiger partial charge is 0.437 e. The summed E-state index contributed by atoms with van der Waals surface area (Å²) < 4.78 is 4.40. The smallest absolute Gasteiger partial charge is 0.297 e. The third kappa shape index (κ3) is 3.18. The zero-order chi connectivity index (χ0) is 8.10. The van der Waals surface area contributed by atoms with E-state index in [0.29, 0.717) is 6.47 Å². The number of likely N-dealkylation sites (N-methyl/N-ethyl adjacent to an activating group) is 1. The van der Waals surface area contributed by atoms with Crippen molar-refractivity contribution in [3.8, 4) is 0 Å². The summed E-state index contributed by atoms with van der Waals surface area (Å²) in [6.45, 7) is 1.28. The van der Waals surface area contributed by atoms with E-state index in [1.54, 1.807) is 0 Å². The van der Waals surface area contributed by atoms with Crippen molar-refractivity contribution in [2.24, 2.45) is 0 Å². The minimum absolute atomic E-state index is 0.424. The van der Waals surface area contributed by atoms with Crippen LogP contribution in [0.25, 0.3) is 0 Å². The molecule has 0 spiro atoms. The lowest BCUT2D eigenvalue weighted by Crippen LogP contribution is -2.20. The fraction of sp³-hybridized carbons (Fsp3) is 0.625. The molecule has 1 aliphatic rings. The summed E-state index contributed by atoms with van der Waals surface area (Å²) in [5.41, 5.74) is 0. The minimum Gasteiger partial charge on any atom is -0.437 e. The number of carbonyl (C=O) groups excluding carboxylic acids is 1. The number of hydrogen-bond donors (Lipinski definition) is 0. The summed E-state index contributed by atoms with van der Waals surface area (Å²) in [7, 11) is 2.07. The summed E-state index contributed by atoms with van der Waals surface area (Å²) in [6, 6.07) is 0.760. The van der Waals surface area contributed by atoms with E-state index in [-0.39, 0.29) is 0 Å². The Morgan fingerprint density at radius 3 is 2.91 bits per heavy atom. The van der Waals surface area contributed by atoms with E-state index in [4.69, 9.17) is 0 Å². The van der Waals surface area contributed by atoms with Crippen molar-refractivity contribution in [2.75, 3.05) is 13.6 Å². The first-order valence-corrected chi connectivity index (χ1v) is 3.79. The second-order valence-corrected chi connectivity index (χ2v) is 2.77. The van der Waals surface area contributed by atoms with Crippen LogP contribution in [0.2, 0.25) is 0 Å². The van der Waals surface area contributed by atoms with Crippen LogP contribution in [0.4, 0.5) is 0 Å². The average Bonchev–Trinajstić information content (AvgIpc) is 2.79. The first kappa shape index (κ1) is 8.27. The highest BCUT2D eigenvalue weighted by Gasteiger charge is 2.24. The molecule has 0 saturated heterocycles. The third-order valence-electron chi connectivity index (χ3n) is 1.79. The standard InChI is InChI=1S/C8H13NO2/c1-9(8-3-4-8)5-2-6-11-7-10/h2,6-8H,3-5H2,1H3/b6-2+. The van der Waals surface area contributed by atoms with Gasteiger partial charge in [-0.15, -0.1) is 0 Å². The van der Waals surface area contributed by atoms with Gasteiger partial charge in [-0.2, -0.15) is 0 Å². The van der Waals surface area contributed by atoms with Gasteiger partial charge < -0.3 is 4.74 Å². The molecule has 3 nitrogen and oxygen atoms in total. The van der Waals surface area contributed by atoms with Crippen molar-refractivity contribution in [2.45, 2.75) is 18.9 Å². The predicted octanol–water partition coefficient (Wildman–Crippen LogP) is 0.767. The number of rotatable bonds is 5. The predicted molar refractivity (Wildman–Crippen MR) is 41.9 cm³/mol. The van der Waals surface area contributed by atoms with Crippen LogP contribution in [0.3, 0.4) is 0 Å². The Hall–Kier alpha value is -0.830. The van der Waals surface area contributed by atoms with Gasteiger partial charge in [0.05, 0.1) is 6.26 Å². The number of carbonyl (C=O) groups is 1. The molecule has 62 valence electrons. The third-order valence-corrected chi connectivity index (χ3v) is 1.79. The fourth-order valence-corrected chi connectivity index (χ4v) is 0.961. The molecular formula is C8H13NO2. The van der Waals surface area contributed by atoms with E-state index in [0.717, 1.165) is 12.6 Å². The zero-order valence-electron chi connectivity index (χ0n) is 6.69. The van der Waals surface area contributed by atoms with Gasteiger partial charge in [-0.05, 0) is 26.0 Å². The molecule has 0 aromatic rings. The first-order valence-electron chi connectivity index (χ1n) is 3.79. The molecule has 1 rings (SSSR count). The maximum Gasteiger partial charge on any atom is 0.297 e. The van der Waals surface area contributed by atoms with Crippen LogP contribution in [0.5, 0.6) is 0 Å². The Labute approximate surface area is 66.6 Å². The highest BCUT2D eigenvalue weighted by molar-refractivity contribution is 5.38. The van der Waals surface area contributed by atoms with Crippen LogP contribution < -0.4 is 0 Å².